The third-order valence-corrected chi connectivity index (χ3v) is 4.79. The Morgan fingerprint density at radius 1 is 1.10 bits per heavy atom. The van der Waals surface area contributed by atoms with Crippen molar-refractivity contribution < 1.29 is 0 Å². The van der Waals surface area contributed by atoms with E-state index in [1.807, 2.05) is 0 Å². The van der Waals surface area contributed by atoms with Crippen molar-refractivity contribution in [1.29, 1.82) is 0 Å². The Balaban J connectivity index is 2.01. The molecule has 1 aliphatic heterocycles. The lowest BCUT2D eigenvalue weighted by atomic mass is 9.80. The fourth-order valence-corrected chi connectivity index (χ4v) is 3.40. The van der Waals surface area contributed by atoms with E-state index in [1.54, 1.807) is 0 Å². The van der Waals surface area contributed by atoms with Crippen LogP contribution in [0.1, 0.15) is 43.9 Å². The number of hydrogen-bond donors (Lipinski definition) is 1. The predicted octanol–water partition coefficient (Wildman–Crippen LogP) is 5.67. The standard InChI is InChI=1S/C18H20BrN/c1-18(2)11-10-16(13-6-4-3-5-7-13)20-17-9-8-14(19)12-15(17)18/h3-9,12,16,20H,10-11H2,1-2H3. The zero-order chi connectivity index (χ0) is 14.2. The van der Waals surface area contributed by atoms with Crippen LogP contribution in [0.3, 0.4) is 0 Å². The van der Waals surface area contributed by atoms with Gasteiger partial charge in [0.1, 0.15) is 0 Å². The molecule has 2 heteroatoms. The van der Waals surface area contributed by atoms with Gasteiger partial charge < -0.3 is 5.32 Å². The van der Waals surface area contributed by atoms with Gasteiger partial charge in [-0.05, 0) is 47.6 Å². The summed E-state index contributed by atoms with van der Waals surface area (Å²) in [6.45, 7) is 4.68. The van der Waals surface area contributed by atoms with Gasteiger partial charge >= 0.3 is 0 Å². The van der Waals surface area contributed by atoms with Crippen molar-refractivity contribution >= 4 is 21.6 Å². The number of benzene rings is 2. The molecule has 1 aliphatic rings. The van der Waals surface area contributed by atoms with E-state index in [0.717, 1.165) is 10.9 Å². The third-order valence-electron chi connectivity index (χ3n) is 4.30. The van der Waals surface area contributed by atoms with Gasteiger partial charge in [-0.3, -0.25) is 0 Å². The van der Waals surface area contributed by atoms with Crippen LogP contribution < -0.4 is 5.32 Å². The van der Waals surface area contributed by atoms with E-state index in [4.69, 9.17) is 0 Å². The Kier molecular flexibility index (Phi) is 3.59. The summed E-state index contributed by atoms with van der Waals surface area (Å²) in [5.41, 5.74) is 4.25. The highest BCUT2D eigenvalue weighted by atomic mass is 79.9. The largest absolute Gasteiger partial charge is 0.378 e. The zero-order valence-electron chi connectivity index (χ0n) is 12.0. The van der Waals surface area contributed by atoms with E-state index in [-0.39, 0.29) is 5.41 Å². The average Bonchev–Trinajstić information content (AvgIpc) is 2.57. The van der Waals surface area contributed by atoms with Crippen LogP contribution in [0.4, 0.5) is 5.69 Å². The van der Waals surface area contributed by atoms with Crippen molar-refractivity contribution in [2.45, 2.75) is 38.1 Å². The molecular formula is C18H20BrN. The minimum atomic E-state index is 0.204. The molecule has 0 radical (unpaired) electrons. The van der Waals surface area contributed by atoms with E-state index < -0.39 is 0 Å². The SMILES string of the molecule is CC1(C)CCC(c2ccccc2)Nc2ccc(Br)cc21. The molecule has 1 unspecified atom stereocenters. The van der Waals surface area contributed by atoms with Crippen LogP contribution in [-0.2, 0) is 5.41 Å². The molecule has 104 valence electrons. The lowest BCUT2D eigenvalue weighted by Gasteiger charge is -2.25. The molecular weight excluding hydrogens is 310 g/mol. The molecule has 0 aromatic heterocycles. The smallest absolute Gasteiger partial charge is 0.0514 e. The summed E-state index contributed by atoms with van der Waals surface area (Å²) in [7, 11) is 0. The van der Waals surface area contributed by atoms with Gasteiger partial charge in [0.05, 0.1) is 6.04 Å². The highest BCUT2D eigenvalue weighted by Crippen LogP contribution is 2.42. The third kappa shape index (κ3) is 2.62. The minimum Gasteiger partial charge on any atom is -0.378 e. The summed E-state index contributed by atoms with van der Waals surface area (Å²) in [6, 6.07) is 17.7. The van der Waals surface area contributed by atoms with Gasteiger partial charge in [0.15, 0.2) is 0 Å². The molecule has 2 aromatic carbocycles. The average molecular weight is 330 g/mol. The summed E-state index contributed by atoms with van der Waals surface area (Å²) in [6.07, 6.45) is 2.34. The molecule has 0 aliphatic carbocycles. The normalized spacial score (nSPS) is 20.6. The monoisotopic (exact) mass is 329 g/mol. The Morgan fingerprint density at radius 3 is 2.60 bits per heavy atom. The number of hydrogen-bond acceptors (Lipinski definition) is 1. The van der Waals surface area contributed by atoms with Crippen LogP contribution >= 0.6 is 15.9 Å². The first-order valence-corrected chi connectivity index (χ1v) is 7.97. The van der Waals surface area contributed by atoms with E-state index in [2.05, 4.69) is 83.6 Å². The Hall–Kier alpha value is -1.28. The van der Waals surface area contributed by atoms with Gasteiger partial charge in [-0.15, -0.1) is 0 Å². The number of nitrogens with one attached hydrogen (secondary N) is 1. The summed E-state index contributed by atoms with van der Waals surface area (Å²) in [5.74, 6) is 0. The molecule has 3 rings (SSSR count). The molecule has 0 fully saturated rings. The van der Waals surface area contributed by atoms with Crippen molar-refractivity contribution in [2.75, 3.05) is 5.32 Å². The number of anilines is 1. The topological polar surface area (TPSA) is 12.0 Å². The van der Waals surface area contributed by atoms with Crippen LogP contribution in [0, 0.1) is 0 Å². The lowest BCUT2D eigenvalue weighted by molar-refractivity contribution is 0.456. The van der Waals surface area contributed by atoms with Gasteiger partial charge in [0, 0.05) is 10.2 Å². The van der Waals surface area contributed by atoms with Crippen LogP contribution in [-0.4, -0.2) is 0 Å². The summed E-state index contributed by atoms with van der Waals surface area (Å²) >= 11 is 3.60. The highest BCUT2D eigenvalue weighted by molar-refractivity contribution is 9.10. The van der Waals surface area contributed by atoms with E-state index >= 15 is 0 Å². The first-order chi connectivity index (χ1) is 9.56. The number of halogens is 1. The van der Waals surface area contributed by atoms with Crippen LogP contribution in [0.25, 0.3) is 0 Å². The fraction of sp³-hybridized carbons (Fsp3) is 0.333. The van der Waals surface area contributed by atoms with Crippen LogP contribution in [0.5, 0.6) is 0 Å². The predicted molar refractivity (Wildman–Crippen MR) is 89.2 cm³/mol. The Bertz CT molecular complexity index is 604. The molecule has 1 atom stereocenters. The first-order valence-electron chi connectivity index (χ1n) is 7.18. The van der Waals surface area contributed by atoms with Crippen molar-refractivity contribution in [3.8, 4) is 0 Å². The maximum Gasteiger partial charge on any atom is 0.0514 e. The second-order valence-corrected chi connectivity index (χ2v) is 7.14. The Morgan fingerprint density at radius 2 is 1.85 bits per heavy atom. The number of fused-ring (bicyclic) bond motifs is 1. The molecule has 1 N–H and O–H groups in total. The lowest BCUT2D eigenvalue weighted by Crippen LogP contribution is -2.16. The molecule has 0 saturated carbocycles. The van der Waals surface area contributed by atoms with Gasteiger partial charge in [0.2, 0.25) is 0 Å². The summed E-state index contributed by atoms with van der Waals surface area (Å²) in [4.78, 5) is 0. The summed E-state index contributed by atoms with van der Waals surface area (Å²) in [5, 5.41) is 3.74. The van der Waals surface area contributed by atoms with Crippen molar-refractivity contribution in [2.24, 2.45) is 0 Å². The van der Waals surface area contributed by atoms with Gasteiger partial charge in [0.25, 0.3) is 0 Å². The number of rotatable bonds is 1. The fourth-order valence-electron chi connectivity index (χ4n) is 3.04. The maximum atomic E-state index is 3.74. The zero-order valence-corrected chi connectivity index (χ0v) is 13.6. The molecule has 0 amide bonds. The van der Waals surface area contributed by atoms with E-state index in [0.29, 0.717) is 6.04 Å². The van der Waals surface area contributed by atoms with Gasteiger partial charge in [-0.1, -0.05) is 60.1 Å². The van der Waals surface area contributed by atoms with Crippen molar-refractivity contribution in [1.82, 2.24) is 0 Å². The molecule has 0 bridgehead atoms. The van der Waals surface area contributed by atoms with Gasteiger partial charge in [-0.2, -0.15) is 0 Å². The first kappa shape index (κ1) is 13.7. The van der Waals surface area contributed by atoms with E-state index in [1.165, 1.54) is 23.2 Å². The molecule has 0 saturated heterocycles. The van der Waals surface area contributed by atoms with Crippen LogP contribution in [0.15, 0.2) is 53.0 Å². The second-order valence-electron chi connectivity index (χ2n) is 6.22. The molecule has 0 spiro atoms. The molecule has 20 heavy (non-hydrogen) atoms. The maximum absolute atomic E-state index is 3.74. The molecule has 1 nitrogen and oxygen atoms in total. The van der Waals surface area contributed by atoms with E-state index in [9.17, 15) is 0 Å². The van der Waals surface area contributed by atoms with Crippen LogP contribution in [0.2, 0.25) is 0 Å². The quantitative estimate of drug-likeness (QED) is 0.710. The minimum absolute atomic E-state index is 0.204. The molecule has 1 heterocycles. The van der Waals surface area contributed by atoms with Gasteiger partial charge in [-0.25, -0.2) is 0 Å². The highest BCUT2D eigenvalue weighted by Gasteiger charge is 2.29. The second kappa shape index (κ2) is 5.25. The van der Waals surface area contributed by atoms with Crippen molar-refractivity contribution in [3.63, 3.8) is 0 Å². The van der Waals surface area contributed by atoms with Crippen molar-refractivity contribution in [3.05, 3.63) is 64.1 Å². The Labute approximate surface area is 129 Å². The summed E-state index contributed by atoms with van der Waals surface area (Å²) < 4.78 is 1.16. The molecule has 2 aromatic rings.